The van der Waals surface area contributed by atoms with E-state index in [1.807, 2.05) is 19.1 Å². The number of aliphatic hydroxyl groups is 1. The zero-order valence-electron chi connectivity index (χ0n) is 18.5. The number of fused-ring (bicyclic) bond motifs is 2. The Morgan fingerprint density at radius 3 is 2.71 bits per heavy atom. The molecule has 0 saturated carbocycles. The van der Waals surface area contributed by atoms with Crippen LogP contribution in [0, 0.1) is 6.92 Å². The second kappa shape index (κ2) is 7.45. The Balaban J connectivity index is 1.65. The number of hydrogen-bond donors (Lipinski definition) is 2. The summed E-state index contributed by atoms with van der Waals surface area (Å²) in [4.78, 5) is 25.5. The molecule has 1 atom stereocenters. The summed E-state index contributed by atoms with van der Waals surface area (Å²) in [6.07, 6.45) is -3.14. The van der Waals surface area contributed by atoms with Gasteiger partial charge in [-0.1, -0.05) is 12.1 Å². The number of benzene rings is 1. The van der Waals surface area contributed by atoms with Gasteiger partial charge in [0.15, 0.2) is 5.69 Å². The highest BCUT2D eigenvalue weighted by Gasteiger charge is 2.46. The van der Waals surface area contributed by atoms with Crippen molar-refractivity contribution in [3.8, 4) is 0 Å². The smallest absolute Gasteiger partial charge is 0.437 e. The third-order valence-corrected chi connectivity index (χ3v) is 5.87. The van der Waals surface area contributed by atoms with Crippen LogP contribution >= 0.6 is 0 Å². The SMILES string of the molecule is Cc1cccc2oc([C@H]3c4nc[nH]c4CCN3C(=O)c3oc(C(C)(C)O)nc3C(F)(F)F)cc12. The first kappa shape index (κ1) is 22.2. The molecular weight excluding hydrogens is 453 g/mol. The number of furan rings is 1. The summed E-state index contributed by atoms with van der Waals surface area (Å²) in [5.41, 5.74) is -0.519. The zero-order chi connectivity index (χ0) is 24.4. The first-order valence-electron chi connectivity index (χ1n) is 10.6. The van der Waals surface area contributed by atoms with Gasteiger partial charge in [-0.05, 0) is 38.5 Å². The van der Waals surface area contributed by atoms with E-state index in [9.17, 15) is 23.1 Å². The van der Waals surface area contributed by atoms with Gasteiger partial charge in [-0.15, -0.1) is 0 Å². The summed E-state index contributed by atoms with van der Waals surface area (Å²) in [6.45, 7) is 4.45. The molecule has 0 saturated heterocycles. The number of hydrogen-bond acceptors (Lipinski definition) is 6. The molecule has 1 aliphatic rings. The van der Waals surface area contributed by atoms with E-state index in [2.05, 4.69) is 15.0 Å². The summed E-state index contributed by atoms with van der Waals surface area (Å²) in [5, 5.41) is 11.0. The van der Waals surface area contributed by atoms with Crippen molar-refractivity contribution in [2.45, 2.75) is 45.0 Å². The van der Waals surface area contributed by atoms with Crippen molar-refractivity contribution in [2.75, 3.05) is 6.54 Å². The summed E-state index contributed by atoms with van der Waals surface area (Å²) in [6, 6.07) is 6.41. The minimum atomic E-state index is -4.96. The average molecular weight is 474 g/mol. The Morgan fingerprint density at radius 2 is 2.03 bits per heavy atom. The highest BCUT2D eigenvalue weighted by atomic mass is 19.4. The molecule has 11 heteroatoms. The van der Waals surface area contributed by atoms with Gasteiger partial charge in [-0.3, -0.25) is 4.79 Å². The molecular formula is C23H21F3N4O4. The number of carbonyl (C=O) groups is 1. The van der Waals surface area contributed by atoms with Crippen LogP contribution in [0.1, 0.15) is 64.7 Å². The molecule has 0 fully saturated rings. The molecule has 34 heavy (non-hydrogen) atoms. The summed E-state index contributed by atoms with van der Waals surface area (Å²) >= 11 is 0. The van der Waals surface area contributed by atoms with Gasteiger partial charge >= 0.3 is 6.18 Å². The van der Waals surface area contributed by atoms with Gasteiger partial charge in [-0.25, -0.2) is 9.97 Å². The molecule has 0 unspecified atom stereocenters. The van der Waals surface area contributed by atoms with Crippen LogP contribution in [0.5, 0.6) is 0 Å². The first-order chi connectivity index (χ1) is 15.9. The molecule has 4 heterocycles. The second-order valence-electron chi connectivity index (χ2n) is 8.81. The number of imidazole rings is 1. The number of amides is 1. The maximum Gasteiger partial charge on any atom is 0.437 e. The molecule has 0 spiro atoms. The molecule has 1 aliphatic heterocycles. The van der Waals surface area contributed by atoms with Crippen LogP contribution in [0.2, 0.25) is 0 Å². The Hall–Kier alpha value is -3.60. The number of H-pyrrole nitrogens is 1. The Bertz CT molecular complexity index is 1390. The highest BCUT2D eigenvalue weighted by molar-refractivity contribution is 5.93. The van der Waals surface area contributed by atoms with Gasteiger partial charge in [0.1, 0.15) is 23.0 Å². The van der Waals surface area contributed by atoms with E-state index in [0.717, 1.165) is 16.6 Å². The Labute approximate surface area is 191 Å². The number of aryl methyl sites for hydroxylation is 1. The summed E-state index contributed by atoms with van der Waals surface area (Å²) < 4.78 is 52.5. The number of alkyl halides is 3. The Kier molecular flexibility index (Phi) is 4.87. The molecule has 0 aliphatic carbocycles. The monoisotopic (exact) mass is 474 g/mol. The van der Waals surface area contributed by atoms with Gasteiger partial charge in [0, 0.05) is 24.0 Å². The lowest BCUT2D eigenvalue weighted by Crippen LogP contribution is -2.41. The number of halogens is 3. The van der Waals surface area contributed by atoms with E-state index in [1.165, 1.54) is 25.1 Å². The van der Waals surface area contributed by atoms with E-state index in [4.69, 9.17) is 8.83 Å². The van der Waals surface area contributed by atoms with Crippen molar-refractivity contribution in [1.82, 2.24) is 19.9 Å². The second-order valence-corrected chi connectivity index (χ2v) is 8.81. The van der Waals surface area contributed by atoms with Crippen molar-refractivity contribution < 1.29 is 31.9 Å². The van der Waals surface area contributed by atoms with E-state index in [0.29, 0.717) is 23.5 Å². The van der Waals surface area contributed by atoms with Gasteiger partial charge < -0.3 is 23.8 Å². The number of aromatic amines is 1. The van der Waals surface area contributed by atoms with Crippen LogP contribution in [0.4, 0.5) is 13.2 Å². The van der Waals surface area contributed by atoms with Crippen LogP contribution in [0.15, 0.2) is 39.4 Å². The largest absolute Gasteiger partial charge is 0.458 e. The van der Waals surface area contributed by atoms with E-state index >= 15 is 0 Å². The lowest BCUT2D eigenvalue weighted by molar-refractivity contribution is -0.141. The van der Waals surface area contributed by atoms with Gasteiger partial charge in [0.05, 0.1) is 12.0 Å². The van der Waals surface area contributed by atoms with Crippen molar-refractivity contribution in [3.63, 3.8) is 0 Å². The van der Waals surface area contributed by atoms with E-state index in [-0.39, 0.29) is 6.54 Å². The van der Waals surface area contributed by atoms with Crippen molar-refractivity contribution in [1.29, 1.82) is 0 Å². The lowest BCUT2D eigenvalue weighted by atomic mass is 9.99. The number of rotatable bonds is 3. The number of nitrogens with zero attached hydrogens (tertiary/aromatic N) is 3. The molecule has 0 radical (unpaired) electrons. The maximum atomic E-state index is 13.8. The quantitative estimate of drug-likeness (QED) is 0.453. The molecule has 5 rings (SSSR count). The average Bonchev–Trinajstić information content (AvgIpc) is 3.48. The number of aromatic nitrogens is 3. The van der Waals surface area contributed by atoms with Gasteiger partial charge in [0.25, 0.3) is 5.91 Å². The minimum Gasteiger partial charge on any atom is -0.458 e. The topological polar surface area (TPSA) is 108 Å². The molecule has 3 aromatic heterocycles. The maximum absolute atomic E-state index is 13.8. The fraction of sp³-hybridized carbons (Fsp3) is 0.348. The van der Waals surface area contributed by atoms with Gasteiger partial charge in [-0.2, -0.15) is 13.2 Å². The zero-order valence-corrected chi connectivity index (χ0v) is 18.5. The number of carbonyl (C=O) groups excluding carboxylic acids is 1. The van der Waals surface area contributed by atoms with Crippen LogP contribution in [0.25, 0.3) is 11.0 Å². The molecule has 8 nitrogen and oxygen atoms in total. The molecule has 4 aromatic rings. The van der Waals surface area contributed by atoms with Crippen molar-refractivity contribution in [3.05, 3.63) is 70.6 Å². The molecule has 0 bridgehead atoms. The Morgan fingerprint density at radius 1 is 1.26 bits per heavy atom. The third-order valence-electron chi connectivity index (χ3n) is 5.87. The predicted octanol–water partition coefficient (Wildman–Crippen LogP) is 4.49. The molecule has 1 aromatic carbocycles. The van der Waals surface area contributed by atoms with Crippen LogP contribution < -0.4 is 0 Å². The fourth-order valence-corrected chi connectivity index (χ4v) is 4.19. The highest BCUT2D eigenvalue weighted by Crippen LogP contribution is 2.40. The third kappa shape index (κ3) is 3.56. The normalized spacial score (nSPS) is 16.8. The predicted molar refractivity (Wildman–Crippen MR) is 113 cm³/mol. The molecule has 2 N–H and O–H groups in total. The summed E-state index contributed by atoms with van der Waals surface area (Å²) in [5.74, 6) is -2.25. The first-order valence-corrected chi connectivity index (χ1v) is 10.6. The van der Waals surface area contributed by atoms with E-state index < -0.39 is 41.1 Å². The molecule has 1 amide bonds. The van der Waals surface area contributed by atoms with Crippen LogP contribution in [-0.2, 0) is 18.2 Å². The van der Waals surface area contributed by atoms with E-state index in [1.54, 1.807) is 12.1 Å². The van der Waals surface area contributed by atoms with Crippen molar-refractivity contribution in [2.24, 2.45) is 0 Å². The van der Waals surface area contributed by atoms with Crippen LogP contribution in [-0.4, -0.2) is 37.4 Å². The fourth-order valence-electron chi connectivity index (χ4n) is 4.19. The standard InChI is InChI=1S/C23H21F3N4O4/c1-11-5-4-6-14-12(11)9-15(33-14)17-16-13(27-10-28-16)7-8-30(17)20(31)18-19(23(24,25)26)29-21(34-18)22(2,3)32/h4-6,9-10,17,32H,7-8H2,1-3H3,(H,27,28)/t17-/m0/s1. The molecule has 178 valence electrons. The number of oxazole rings is 1. The minimum absolute atomic E-state index is 0.0879. The number of nitrogens with one attached hydrogen (secondary N) is 1. The van der Waals surface area contributed by atoms with Crippen molar-refractivity contribution >= 4 is 16.9 Å². The lowest BCUT2D eigenvalue weighted by Gasteiger charge is -2.33. The summed E-state index contributed by atoms with van der Waals surface area (Å²) in [7, 11) is 0. The van der Waals surface area contributed by atoms with Gasteiger partial charge in [0.2, 0.25) is 11.7 Å². The van der Waals surface area contributed by atoms with Crippen LogP contribution in [0.3, 0.4) is 0 Å².